The molecule has 5 aliphatic heterocycles. The predicted octanol–water partition coefficient (Wildman–Crippen LogP) is 3.19. The molecule has 26 heavy (non-hydrogen) atoms. The van der Waals surface area contributed by atoms with Gasteiger partial charge >= 0.3 is 226 Å². The van der Waals surface area contributed by atoms with E-state index in [1.165, 1.54) is 0 Å². The number of thioether (sulfide) groups is 4. The molecule has 0 bridgehead atoms. The van der Waals surface area contributed by atoms with Crippen LogP contribution in [0.15, 0.2) is 37.2 Å². The summed E-state index contributed by atoms with van der Waals surface area (Å²) in [5.41, 5.74) is 0. The second-order valence-corrected chi connectivity index (χ2v) is 34.4. The summed E-state index contributed by atoms with van der Waals surface area (Å²) in [6, 6.07) is 0. The zero-order valence-electron chi connectivity index (χ0n) is 13.3. The Morgan fingerprint density at radius 3 is 1.73 bits per heavy atom. The zero-order valence-corrected chi connectivity index (χ0v) is 30.3. The number of hydrogen-bond acceptors (Lipinski definition) is 4. The molecule has 0 atom stereocenters. The monoisotopic (exact) mass is 945 g/mol. The molecule has 0 aliphatic carbocycles. The third-order valence-electron chi connectivity index (χ3n) is 3.24. The van der Waals surface area contributed by atoms with Crippen molar-refractivity contribution in [3.63, 3.8) is 0 Å². The molecular formula is C14H10S4Se8+. The number of hydrogen-bond donors (Lipinski definition) is 0. The summed E-state index contributed by atoms with van der Waals surface area (Å²) >= 11 is 14.8. The maximum atomic E-state index is 2.43. The van der Waals surface area contributed by atoms with Gasteiger partial charge in [-0.1, -0.05) is 0 Å². The van der Waals surface area contributed by atoms with E-state index in [9.17, 15) is 0 Å². The van der Waals surface area contributed by atoms with Gasteiger partial charge in [0, 0.05) is 0 Å². The quantitative estimate of drug-likeness (QED) is 0.391. The van der Waals surface area contributed by atoms with E-state index < -0.39 is 0 Å². The van der Waals surface area contributed by atoms with Crippen LogP contribution in [0.3, 0.4) is 0 Å². The molecule has 12 heteroatoms. The second-order valence-electron chi connectivity index (χ2n) is 4.80. The predicted molar refractivity (Wildman–Crippen MR) is 133 cm³/mol. The third-order valence-corrected chi connectivity index (χ3v) is 43.8. The summed E-state index contributed by atoms with van der Waals surface area (Å²) in [7, 11) is 0. The van der Waals surface area contributed by atoms with Gasteiger partial charge in [-0.3, -0.25) is 0 Å². The van der Waals surface area contributed by atoms with Crippen molar-refractivity contribution in [1.82, 2.24) is 0 Å². The molecule has 5 aliphatic rings. The topological polar surface area (TPSA) is 0 Å². The summed E-state index contributed by atoms with van der Waals surface area (Å²) in [5, 5.41) is 3.09. The fraction of sp³-hybridized carbons (Fsp3) is 0.286. The van der Waals surface area contributed by atoms with Gasteiger partial charge in [0.25, 0.3) is 0 Å². The van der Waals surface area contributed by atoms with E-state index in [1.807, 2.05) is 20.2 Å². The third kappa shape index (κ3) is 4.64. The van der Waals surface area contributed by atoms with Crippen molar-refractivity contribution >= 4 is 167 Å². The first-order valence-electron chi connectivity index (χ1n) is 7.23. The van der Waals surface area contributed by atoms with Crippen molar-refractivity contribution in [3.8, 4) is 0 Å². The van der Waals surface area contributed by atoms with Crippen LogP contribution in [0.5, 0.6) is 0 Å². The van der Waals surface area contributed by atoms with Crippen LogP contribution in [0.4, 0.5) is 0 Å². The summed E-state index contributed by atoms with van der Waals surface area (Å²) in [6.07, 6.45) is 0. The van der Waals surface area contributed by atoms with Crippen molar-refractivity contribution in [2.24, 2.45) is 0 Å². The van der Waals surface area contributed by atoms with Crippen molar-refractivity contribution < 1.29 is 0 Å². The van der Waals surface area contributed by atoms with E-state index in [0.29, 0.717) is 29.9 Å². The Balaban J connectivity index is 1.27. The van der Waals surface area contributed by atoms with Gasteiger partial charge in [-0.05, 0) is 0 Å². The average molecular weight is 938 g/mol. The van der Waals surface area contributed by atoms with Crippen molar-refractivity contribution in [1.29, 1.82) is 0 Å². The molecule has 0 aromatic rings. The van der Waals surface area contributed by atoms with E-state index in [-0.39, 0.29) is 0 Å². The average Bonchev–Trinajstić information content (AvgIpc) is 3.39. The van der Waals surface area contributed by atoms with E-state index in [1.54, 1.807) is 27.6 Å². The first-order valence-corrected chi connectivity index (χ1v) is 26.6. The molecule has 0 saturated carbocycles. The molecule has 137 valence electrons. The molecule has 0 N–H and O–H groups in total. The molecule has 0 amide bonds. The van der Waals surface area contributed by atoms with E-state index in [0.717, 1.165) is 89.7 Å². The molecule has 5 rings (SSSR count). The van der Waals surface area contributed by atoms with Crippen molar-refractivity contribution in [3.05, 3.63) is 37.2 Å². The van der Waals surface area contributed by atoms with Crippen molar-refractivity contribution in [2.75, 3.05) is 0 Å². The fourth-order valence-electron chi connectivity index (χ4n) is 2.16. The molecule has 0 unspecified atom stereocenters. The van der Waals surface area contributed by atoms with Gasteiger partial charge in [-0.15, -0.1) is 0 Å². The Labute approximate surface area is 222 Å². The molecule has 0 fully saturated rings. The fourth-order valence-corrected chi connectivity index (χ4v) is 47.8. The van der Waals surface area contributed by atoms with Crippen LogP contribution in [0.1, 0.15) is 0 Å². The summed E-state index contributed by atoms with van der Waals surface area (Å²) in [6.45, 7) is 0. The molecule has 0 aromatic carbocycles. The second kappa shape index (κ2) is 10.0. The maximum absolute atomic E-state index is 2.43. The van der Waals surface area contributed by atoms with E-state index in [2.05, 4.69) is 58.7 Å². The molecule has 5 heterocycles. The summed E-state index contributed by atoms with van der Waals surface area (Å²) in [4.78, 5) is 0. The molecule has 0 spiro atoms. The van der Waals surface area contributed by atoms with Crippen LogP contribution in [0.25, 0.3) is 0 Å². The summed E-state index contributed by atoms with van der Waals surface area (Å²) < 4.78 is 18.3. The van der Waals surface area contributed by atoms with Crippen LogP contribution in [-0.4, -0.2) is 120 Å². The van der Waals surface area contributed by atoms with Crippen LogP contribution in [0, 0.1) is 0 Å². The van der Waals surface area contributed by atoms with Crippen LogP contribution < -0.4 is 0 Å². The molecule has 0 saturated heterocycles. The molecular weight excluding hydrogens is 928 g/mol. The Kier molecular flexibility index (Phi) is 8.51. The Morgan fingerprint density at radius 1 is 0.731 bits per heavy atom. The molecule has 1 radical (unpaired) electrons. The first kappa shape index (κ1) is 22.1. The van der Waals surface area contributed by atoms with Gasteiger partial charge in [-0.25, -0.2) is 0 Å². The van der Waals surface area contributed by atoms with Gasteiger partial charge in [0.2, 0.25) is 0 Å². The van der Waals surface area contributed by atoms with Gasteiger partial charge < -0.3 is 0 Å². The van der Waals surface area contributed by atoms with Gasteiger partial charge in [0.1, 0.15) is 0 Å². The van der Waals surface area contributed by atoms with Crippen LogP contribution in [0.2, 0.25) is 22.3 Å². The summed E-state index contributed by atoms with van der Waals surface area (Å²) in [5.74, 6) is 4.86. The number of rotatable bonds is 2. The Morgan fingerprint density at radius 2 is 1.27 bits per heavy atom. The molecule has 0 nitrogen and oxygen atoms in total. The van der Waals surface area contributed by atoms with Gasteiger partial charge in [0.05, 0.1) is 0 Å². The van der Waals surface area contributed by atoms with E-state index in [4.69, 9.17) is 0 Å². The van der Waals surface area contributed by atoms with Crippen molar-refractivity contribution in [2.45, 2.75) is 22.3 Å². The Bertz CT molecular complexity index is 732. The first-order chi connectivity index (χ1) is 12.7. The zero-order chi connectivity index (χ0) is 17.7. The van der Waals surface area contributed by atoms with Gasteiger partial charge in [-0.2, -0.15) is 0 Å². The van der Waals surface area contributed by atoms with Crippen LogP contribution >= 0.6 is 47.0 Å². The Hall–Kier alpha value is 4.26. The van der Waals surface area contributed by atoms with Crippen LogP contribution in [-0.2, 0) is 0 Å². The minimum absolute atomic E-state index is 0.707. The normalized spacial score (nSPS) is 26.1. The van der Waals surface area contributed by atoms with E-state index >= 15 is 0 Å². The van der Waals surface area contributed by atoms with Gasteiger partial charge in [0.15, 0.2) is 0 Å². The molecule has 0 aromatic heterocycles. The minimum atomic E-state index is 0.707. The SMILES string of the molecule is C[Se]C1=C([Se+]C)[Se]C(=C2SC3=C(SC(=C4[Se]C5=C([Se]CC[Se]5)[Se]4)S3)S2)[Se]1. The standard InChI is InChI=1S/C14H10S4Se8/c1-19-11-12(20-2)24-9(23-11)7-15-5-6(16-7)18-8(17-5)10-25-13-14(26-10)22-4-3-21-13/h3-4H2,1-2H3/q+1.